The number of hydrogen-bond acceptors (Lipinski definition) is 3. The molecule has 2 aliphatic heterocycles. The van der Waals surface area contributed by atoms with Crippen molar-refractivity contribution in [2.24, 2.45) is 13.0 Å². The molecule has 3 heterocycles. The molecule has 0 amide bonds. The van der Waals surface area contributed by atoms with Crippen molar-refractivity contribution in [3.05, 3.63) is 17.2 Å². The molecule has 21 heavy (non-hydrogen) atoms. The average Bonchev–Trinajstić information content (AvgIpc) is 3.05. The van der Waals surface area contributed by atoms with E-state index in [9.17, 15) is 0 Å². The summed E-state index contributed by atoms with van der Waals surface area (Å²) in [5.41, 5.74) is 2.48. The van der Waals surface area contributed by atoms with Crippen LogP contribution in [0.4, 0.5) is 0 Å². The second kappa shape index (κ2) is 6.49. The zero-order chi connectivity index (χ0) is 14.8. The summed E-state index contributed by atoms with van der Waals surface area (Å²) >= 11 is 0. The summed E-state index contributed by atoms with van der Waals surface area (Å²) in [4.78, 5) is 10.0. The van der Waals surface area contributed by atoms with Gasteiger partial charge in [0.1, 0.15) is 5.82 Å². The molecular formula is C17H30N4. The van der Waals surface area contributed by atoms with Crippen LogP contribution in [0.2, 0.25) is 0 Å². The van der Waals surface area contributed by atoms with E-state index in [1.54, 1.807) is 0 Å². The van der Waals surface area contributed by atoms with Gasteiger partial charge in [-0.3, -0.25) is 4.90 Å². The highest BCUT2D eigenvalue weighted by molar-refractivity contribution is 5.13. The zero-order valence-electron chi connectivity index (χ0n) is 13.9. The number of rotatable bonds is 4. The van der Waals surface area contributed by atoms with Crippen molar-refractivity contribution in [2.45, 2.75) is 46.1 Å². The minimum Gasteiger partial charge on any atom is -0.334 e. The van der Waals surface area contributed by atoms with Crippen LogP contribution >= 0.6 is 0 Å². The minimum absolute atomic E-state index is 0.860. The van der Waals surface area contributed by atoms with Gasteiger partial charge in [-0.15, -0.1) is 0 Å². The third kappa shape index (κ3) is 3.49. The van der Waals surface area contributed by atoms with E-state index >= 15 is 0 Å². The molecule has 0 aliphatic carbocycles. The van der Waals surface area contributed by atoms with Crippen LogP contribution in [0, 0.1) is 19.8 Å². The molecule has 0 spiro atoms. The molecule has 2 fully saturated rings. The normalized spacial score (nSPS) is 24.8. The Hall–Kier alpha value is -0.870. The Morgan fingerprint density at radius 1 is 1.05 bits per heavy atom. The summed E-state index contributed by atoms with van der Waals surface area (Å²) in [5, 5.41) is 0. The number of nitrogens with zero attached hydrogens (tertiary/aromatic N) is 4. The lowest BCUT2D eigenvalue weighted by atomic mass is 9.97. The van der Waals surface area contributed by atoms with Gasteiger partial charge in [-0.1, -0.05) is 0 Å². The molecule has 3 rings (SSSR count). The Labute approximate surface area is 129 Å². The molecule has 2 aliphatic rings. The largest absolute Gasteiger partial charge is 0.334 e. The van der Waals surface area contributed by atoms with E-state index in [4.69, 9.17) is 4.98 Å². The highest BCUT2D eigenvalue weighted by Crippen LogP contribution is 2.21. The van der Waals surface area contributed by atoms with Crippen LogP contribution in [0.3, 0.4) is 0 Å². The van der Waals surface area contributed by atoms with Gasteiger partial charge in [0.15, 0.2) is 0 Å². The predicted octanol–water partition coefficient (Wildman–Crippen LogP) is 2.34. The highest BCUT2D eigenvalue weighted by atomic mass is 15.2. The van der Waals surface area contributed by atoms with Crippen molar-refractivity contribution >= 4 is 0 Å². The maximum Gasteiger partial charge on any atom is 0.123 e. The Balaban J connectivity index is 1.56. The summed E-state index contributed by atoms with van der Waals surface area (Å²) < 4.78 is 2.26. The molecule has 1 aromatic rings. The van der Waals surface area contributed by atoms with E-state index in [-0.39, 0.29) is 0 Å². The van der Waals surface area contributed by atoms with Crippen LogP contribution in [0.25, 0.3) is 0 Å². The Morgan fingerprint density at radius 2 is 1.76 bits per heavy atom. The molecule has 0 bridgehead atoms. The van der Waals surface area contributed by atoms with Crippen LogP contribution in [0.15, 0.2) is 0 Å². The van der Waals surface area contributed by atoms with E-state index in [1.807, 2.05) is 0 Å². The van der Waals surface area contributed by atoms with Crippen LogP contribution in [0.1, 0.15) is 42.9 Å². The van der Waals surface area contributed by atoms with Crippen molar-refractivity contribution in [3.8, 4) is 0 Å². The molecule has 118 valence electrons. The van der Waals surface area contributed by atoms with Crippen LogP contribution in [-0.4, -0.2) is 52.1 Å². The molecule has 0 N–H and O–H groups in total. The first-order chi connectivity index (χ1) is 10.1. The number of aryl methyl sites for hydroxylation is 1. The second-order valence-electron chi connectivity index (χ2n) is 7.01. The lowest BCUT2D eigenvalue weighted by molar-refractivity contribution is 0.134. The molecule has 1 aromatic heterocycles. The molecule has 0 unspecified atom stereocenters. The number of aromatic nitrogens is 2. The van der Waals surface area contributed by atoms with Gasteiger partial charge in [0.2, 0.25) is 0 Å². The summed E-state index contributed by atoms with van der Waals surface area (Å²) in [6, 6.07) is 0. The molecular weight excluding hydrogens is 260 g/mol. The maximum absolute atomic E-state index is 4.74. The SMILES string of the molecule is Cc1nc(CN2CCC[C@@H](CN3CCCC3)C2)n(C)c1C. The van der Waals surface area contributed by atoms with Crippen molar-refractivity contribution in [3.63, 3.8) is 0 Å². The third-order valence-electron chi connectivity index (χ3n) is 5.39. The Bertz CT molecular complexity index is 473. The Kier molecular flexibility index (Phi) is 4.65. The molecule has 0 radical (unpaired) electrons. The van der Waals surface area contributed by atoms with Crippen molar-refractivity contribution in [2.75, 3.05) is 32.7 Å². The molecule has 4 heteroatoms. The van der Waals surface area contributed by atoms with E-state index in [1.165, 1.54) is 75.6 Å². The zero-order valence-corrected chi connectivity index (χ0v) is 13.9. The first-order valence-electron chi connectivity index (χ1n) is 8.57. The summed E-state index contributed by atoms with van der Waals surface area (Å²) in [6.07, 6.45) is 5.57. The smallest absolute Gasteiger partial charge is 0.123 e. The van der Waals surface area contributed by atoms with Crippen LogP contribution in [0.5, 0.6) is 0 Å². The van der Waals surface area contributed by atoms with E-state index in [0.29, 0.717) is 0 Å². The predicted molar refractivity (Wildman–Crippen MR) is 86.4 cm³/mol. The first-order valence-corrected chi connectivity index (χ1v) is 8.57. The highest BCUT2D eigenvalue weighted by Gasteiger charge is 2.24. The lowest BCUT2D eigenvalue weighted by Gasteiger charge is -2.34. The Morgan fingerprint density at radius 3 is 2.43 bits per heavy atom. The second-order valence-corrected chi connectivity index (χ2v) is 7.01. The van der Waals surface area contributed by atoms with Crippen LogP contribution in [-0.2, 0) is 13.6 Å². The first kappa shape index (κ1) is 15.0. The number of imidazole rings is 1. The molecule has 0 saturated carbocycles. The van der Waals surface area contributed by atoms with E-state index in [2.05, 4.69) is 35.3 Å². The topological polar surface area (TPSA) is 24.3 Å². The average molecular weight is 290 g/mol. The molecule has 1 atom stereocenters. The van der Waals surface area contributed by atoms with Gasteiger partial charge in [0.05, 0.1) is 12.2 Å². The maximum atomic E-state index is 4.74. The van der Waals surface area contributed by atoms with Gasteiger partial charge < -0.3 is 9.47 Å². The van der Waals surface area contributed by atoms with E-state index < -0.39 is 0 Å². The lowest BCUT2D eigenvalue weighted by Crippen LogP contribution is -2.40. The van der Waals surface area contributed by atoms with Crippen LogP contribution < -0.4 is 0 Å². The van der Waals surface area contributed by atoms with Gasteiger partial charge in [0, 0.05) is 25.8 Å². The monoisotopic (exact) mass is 290 g/mol. The van der Waals surface area contributed by atoms with Gasteiger partial charge in [-0.2, -0.15) is 0 Å². The van der Waals surface area contributed by atoms with E-state index in [0.717, 1.165) is 12.5 Å². The molecule has 2 saturated heterocycles. The van der Waals surface area contributed by atoms with Gasteiger partial charge >= 0.3 is 0 Å². The van der Waals surface area contributed by atoms with Gasteiger partial charge in [0.25, 0.3) is 0 Å². The third-order valence-corrected chi connectivity index (χ3v) is 5.39. The number of piperidine rings is 1. The fraction of sp³-hybridized carbons (Fsp3) is 0.824. The number of likely N-dealkylation sites (tertiary alicyclic amines) is 2. The summed E-state index contributed by atoms with van der Waals surface area (Å²) in [6.45, 7) is 11.8. The fourth-order valence-corrected chi connectivity index (χ4v) is 3.90. The standard InChI is InChI=1S/C17H30N4/c1-14-15(2)19(3)17(18-14)13-21-10-6-7-16(12-21)11-20-8-4-5-9-20/h16H,4-13H2,1-3H3/t16-/m0/s1. The molecule has 4 nitrogen and oxygen atoms in total. The van der Waals surface area contributed by atoms with Crippen molar-refractivity contribution in [1.29, 1.82) is 0 Å². The summed E-state index contributed by atoms with van der Waals surface area (Å²) in [5.74, 6) is 2.09. The molecule has 0 aromatic carbocycles. The minimum atomic E-state index is 0.860. The van der Waals surface area contributed by atoms with Gasteiger partial charge in [-0.05, 0) is 65.1 Å². The van der Waals surface area contributed by atoms with Crippen molar-refractivity contribution < 1.29 is 0 Å². The van der Waals surface area contributed by atoms with Gasteiger partial charge in [-0.25, -0.2) is 4.98 Å². The van der Waals surface area contributed by atoms with Crippen molar-refractivity contribution in [1.82, 2.24) is 19.4 Å². The summed E-state index contributed by atoms with van der Waals surface area (Å²) in [7, 11) is 2.15. The fourth-order valence-electron chi connectivity index (χ4n) is 3.90. The quantitative estimate of drug-likeness (QED) is 0.851. The number of hydrogen-bond donors (Lipinski definition) is 0.